The number of aryl methyl sites for hydroxylation is 1. The van der Waals surface area contributed by atoms with Gasteiger partial charge in [-0.25, -0.2) is 0 Å². The van der Waals surface area contributed by atoms with Crippen LogP contribution in [0.3, 0.4) is 0 Å². The molecule has 0 fully saturated rings. The molecule has 1 aliphatic rings. The predicted octanol–water partition coefficient (Wildman–Crippen LogP) is 2.40. The second-order valence-electron chi connectivity index (χ2n) is 6.48. The van der Waals surface area contributed by atoms with Crippen molar-refractivity contribution in [2.24, 2.45) is 0 Å². The van der Waals surface area contributed by atoms with Crippen molar-refractivity contribution in [3.63, 3.8) is 0 Å². The minimum atomic E-state index is -0.101. The summed E-state index contributed by atoms with van der Waals surface area (Å²) in [6, 6.07) is 11.7. The van der Waals surface area contributed by atoms with E-state index in [4.69, 9.17) is 0 Å². The Bertz CT molecular complexity index is 829. The molecule has 0 bridgehead atoms. The van der Waals surface area contributed by atoms with Gasteiger partial charge in [-0.2, -0.15) is 5.10 Å². The lowest BCUT2D eigenvalue weighted by atomic mass is 10.2. The topological polar surface area (TPSA) is 41.4 Å². The zero-order valence-corrected chi connectivity index (χ0v) is 15.2. The number of carbonyl (C=O) groups is 1. The lowest BCUT2D eigenvalue weighted by molar-refractivity contribution is 0.0786. The first-order valence-corrected chi connectivity index (χ1v) is 8.86. The number of carbonyl (C=O) groups excluding carboxylic acids is 1. The van der Waals surface area contributed by atoms with Crippen molar-refractivity contribution in [1.29, 1.82) is 0 Å². The summed E-state index contributed by atoms with van der Waals surface area (Å²) < 4.78 is 1.96. The predicted molar refractivity (Wildman–Crippen MR) is 103 cm³/mol. The van der Waals surface area contributed by atoms with Crippen LogP contribution in [0.5, 0.6) is 0 Å². The first-order chi connectivity index (χ1) is 12.7. The molecule has 3 rings (SSSR count). The third-order valence-corrected chi connectivity index (χ3v) is 4.34. The molecule has 0 aliphatic carbocycles. The fourth-order valence-corrected chi connectivity index (χ4v) is 3.02. The van der Waals surface area contributed by atoms with E-state index in [9.17, 15) is 4.79 Å². The van der Waals surface area contributed by atoms with E-state index in [-0.39, 0.29) is 5.91 Å². The molecule has 0 saturated carbocycles. The van der Waals surface area contributed by atoms with E-state index in [1.54, 1.807) is 11.0 Å². The van der Waals surface area contributed by atoms with Crippen LogP contribution in [0.2, 0.25) is 0 Å². The molecule has 0 atom stereocenters. The lowest BCUT2D eigenvalue weighted by Crippen LogP contribution is -2.32. The third kappa shape index (κ3) is 4.41. The molecule has 0 spiro atoms. The van der Waals surface area contributed by atoms with Crippen molar-refractivity contribution in [1.82, 2.24) is 19.6 Å². The minimum absolute atomic E-state index is 0.101. The lowest BCUT2D eigenvalue weighted by Gasteiger charge is -2.16. The molecule has 5 heteroatoms. The van der Waals surface area contributed by atoms with Gasteiger partial charge in [0.1, 0.15) is 0 Å². The number of benzene rings is 1. The molecule has 1 aromatic carbocycles. The standard InChI is InChI=1S/C21H24N4O/c1-3-12-24(14-7-11-18-9-5-4-6-10-18)21(26)20-16-19-17-23(2)13-8-15-25(19)22-20/h3-6,9-10,16H,1,8,12-15,17H2,2H3. The van der Waals surface area contributed by atoms with E-state index < -0.39 is 0 Å². The second-order valence-corrected chi connectivity index (χ2v) is 6.48. The van der Waals surface area contributed by atoms with Crippen molar-refractivity contribution in [3.05, 3.63) is 66.0 Å². The minimum Gasteiger partial charge on any atom is -0.322 e. The van der Waals surface area contributed by atoms with Gasteiger partial charge in [0.25, 0.3) is 5.91 Å². The van der Waals surface area contributed by atoms with Crippen molar-refractivity contribution >= 4 is 5.91 Å². The van der Waals surface area contributed by atoms with Crippen molar-refractivity contribution in [2.75, 3.05) is 26.7 Å². The average molecular weight is 348 g/mol. The Kier molecular flexibility index (Phi) is 5.88. The van der Waals surface area contributed by atoms with Gasteiger partial charge < -0.3 is 9.80 Å². The van der Waals surface area contributed by atoms with E-state index in [0.29, 0.717) is 18.8 Å². The summed E-state index contributed by atoms with van der Waals surface area (Å²) >= 11 is 0. The Labute approximate surface area is 154 Å². The largest absolute Gasteiger partial charge is 0.322 e. The summed E-state index contributed by atoms with van der Waals surface area (Å²) in [5.74, 6) is 6.07. The van der Waals surface area contributed by atoms with Gasteiger partial charge in [-0.05, 0) is 31.7 Å². The van der Waals surface area contributed by atoms with Crippen LogP contribution in [-0.4, -0.2) is 52.2 Å². The van der Waals surface area contributed by atoms with Crippen molar-refractivity contribution < 1.29 is 4.79 Å². The number of hydrogen-bond acceptors (Lipinski definition) is 3. The van der Waals surface area contributed by atoms with E-state index >= 15 is 0 Å². The number of nitrogens with zero attached hydrogens (tertiary/aromatic N) is 4. The highest BCUT2D eigenvalue weighted by Crippen LogP contribution is 2.14. The Morgan fingerprint density at radius 3 is 2.92 bits per heavy atom. The van der Waals surface area contributed by atoms with Gasteiger partial charge >= 0.3 is 0 Å². The summed E-state index contributed by atoms with van der Waals surface area (Å²) in [7, 11) is 2.09. The zero-order chi connectivity index (χ0) is 18.4. The molecular weight excluding hydrogens is 324 g/mol. The van der Waals surface area contributed by atoms with Gasteiger partial charge in [-0.1, -0.05) is 36.1 Å². The van der Waals surface area contributed by atoms with Gasteiger partial charge in [0, 0.05) is 31.7 Å². The highest BCUT2D eigenvalue weighted by Gasteiger charge is 2.21. The fourth-order valence-electron chi connectivity index (χ4n) is 3.02. The van der Waals surface area contributed by atoms with Crippen LogP contribution in [-0.2, 0) is 13.1 Å². The van der Waals surface area contributed by atoms with Gasteiger partial charge in [-0.3, -0.25) is 9.48 Å². The first kappa shape index (κ1) is 18.0. The summed E-state index contributed by atoms with van der Waals surface area (Å²) in [5.41, 5.74) is 2.51. The van der Waals surface area contributed by atoms with Crippen LogP contribution in [0.4, 0.5) is 0 Å². The summed E-state index contributed by atoms with van der Waals surface area (Å²) in [6.45, 7) is 7.26. The monoisotopic (exact) mass is 348 g/mol. The molecule has 26 heavy (non-hydrogen) atoms. The van der Waals surface area contributed by atoms with Crippen LogP contribution < -0.4 is 0 Å². The zero-order valence-electron chi connectivity index (χ0n) is 15.2. The quantitative estimate of drug-likeness (QED) is 0.629. The maximum absolute atomic E-state index is 12.9. The SMILES string of the molecule is C=CCN(CC#Cc1ccccc1)C(=O)c1cc2n(n1)CCCN(C)C2. The molecule has 1 aliphatic heterocycles. The van der Waals surface area contributed by atoms with Crippen LogP contribution in [0, 0.1) is 11.8 Å². The summed E-state index contributed by atoms with van der Waals surface area (Å²) in [4.78, 5) is 16.8. The van der Waals surface area contributed by atoms with Crippen LogP contribution in [0.15, 0.2) is 49.1 Å². The Morgan fingerprint density at radius 1 is 1.35 bits per heavy atom. The molecule has 0 radical (unpaired) electrons. The molecular formula is C21H24N4O. The second kappa shape index (κ2) is 8.50. The Balaban J connectivity index is 1.74. The van der Waals surface area contributed by atoms with Crippen LogP contribution in [0.25, 0.3) is 0 Å². The van der Waals surface area contributed by atoms with E-state index in [2.05, 4.69) is 35.5 Å². The van der Waals surface area contributed by atoms with Gasteiger partial charge in [0.05, 0.1) is 12.2 Å². The van der Waals surface area contributed by atoms with Gasteiger partial charge in [0.2, 0.25) is 0 Å². The first-order valence-electron chi connectivity index (χ1n) is 8.86. The maximum Gasteiger partial charge on any atom is 0.275 e. The number of aromatic nitrogens is 2. The van der Waals surface area contributed by atoms with Gasteiger partial charge in [-0.15, -0.1) is 6.58 Å². The molecule has 0 saturated heterocycles. The molecule has 0 unspecified atom stereocenters. The van der Waals surface area contributed by atoms with Crippen LogP contribution in [0.1, 0.15) is 28.2 Å². The van der Waals surface area contributed by atoms with Crippen molar-refractivity contribution in [2.45, 2.75) is 19.5 Å². The number of fused-ring (bicyclic) bond motifs is 1. The molecule has 0 N–H and O–H groups in total. The molecule has 1 amide bonds. The van der Waals surface area contributed by atoms with Crippen molar-refractivity contribution in [3.8, 4) is 11.8 Å². The number of hydrogen-bond donors (Lipinski definition) is 0. The molecule has 2 aromatic rings. The Hall–Kier alpha value is -2.84. The van der Waals surface area contributed by atoms with E-state index in [0.717, 1.165) is 37.3 Å². The number of rotatable bonds is 4. The molecule has 134 valence electrons. The smallest absolute Gasteiger partial charge is 0.275 e. The average Bonchev–Trinajstić information content (AvgIpc) is 2.95. The molecule has 2 heterocycles. The van der Waals surface area contributed by atoms with Crippen LogP contribution >= 0.6 is 0 Å². The van der Waals surface area contributed by atoms with E-state index in [1.165, 1.54) is 0 Å². The summed E-state index contributed by atoms with van der Waals surface area (Å²) in [6.07, 6.45) is 2.76. The summed E-state index contributed by atoms with van der Waals surface area (Å²) in [5, 5.41) is 4.53. The Morgan fingerprint density at radius 2 is 2.15 bits per heavy atom. The molecule has 1 aromatic heterocycles. The fraction of sp³-hybridized carbons (Fsp3) is 0.333. The maximum atomic E-state index is 12.9. The van der Waals surface area contributed by atoms with E-state index in [1.807, 2.05) is 41.1 Å². The highest BCUT2D eigenvalue weighted by atomic mass is 16.2. The third-order valence-electron chi connectivity index (χ3n) is 4.34. The highest BCUT2D eigenvalue weighted by molar-refractivity contribution is 5.92. The molecule has 5 nitrogen and oxygen atoms in total. The normalized spacial score (nSPS) is 13.9. The number of amides is 1. The van der Waals surface area contributed by atoms with Gasteiger partial charge in [0.15, 0.2) is 5.69 Å².